The van der Waals surface area contributed by atoms with Gasteiger partial charge in [0.25, 0.3) is 0 Å². The Morgan fingerprint density at radius 1 is 1.33 bits per heavy atom. The van der Waals surface area contributed by atoms with E-state index in [1.807, 2.05) is 0 Å². The highest BCUT2D eigenvalue weighted by Crippen LogP contribution is 2.28. The molecule has 0 spiro atoms. The number of thiazole rings is 1. The molecular weight excluding hydrogens is 347 g/mol. The number of nitrogens with zero attached hydrogens (tertiary/aromatic N) is 1. The van der Waals surface area contributed by atoms with E-state index in [0.29, 0.717) is 6.07 Å². The van der Waals surface area contributed by atoms with Crippen LogP contribution >= 0.6 is 11.3 Å². The Morgan fingerprint density at radius 2 is 2.04 bits per heavy atom. The van der Waals surface area contributed by atoms with E-state index >= 15 is 0 Å². The lowest BCUT2D eigenvalue weighted by molar-refractivity contribution is 0.0527. The third-order valence-electron chi connectivity index (χ3n) is 3.48. The molecule has 9 heteroatoms. The molecule has 5 nitrogen and oxygen atoms in total. The van der Waals surface area contributed by atoms with Gasteiger partial charge in [0.05, 0.1) is 29.8 Å². The fourth-order valence-corrected chi connectivity index (χ4v) is 3.51. The number of carbonyl (C=O) groups excluding carboxylic acids is 1. The molecule has 0 saturated carbocycles. The number of hydrogen-bond acceptors (Lipinski definition) is 5. The van der Waals surface area contributed by atoms with Crippen molar-refractivity contribution < 1.29 is 27.8 Å². The van der Waals surface area contributed by atoms with Gasteiger partial charge in [0.2, 0.25) is 5.43 Å². The van der Waals surface area contributed by atoms with Crippen LogP contribution in [0.15, 0.2) is 16.2 Å². The Balaban J connectivity index is 2.61. The molecule has 0 aliphatic carbocycles. The summed E-state index contributed by atoms with van der Waals surface area (Å²) in [6, 6.07) is 0.532. The molecule has 3 aromatic rings. The van der Waals surface area contributed by atoms with Crippen molar-refractivity contribution in [3.05, 3.63) is 50.4 Å². The smallest absolute Gasteiger partial charge is 0.345 e. The van der Waals surface area contributed by atoms with Gasteiger partial charge in [-0.3, -0.25) is 9.20 Å². The Kier molecular flexibility index (Phi) is 4.06. The second-order valence-corrected chi connectivity index (χ2v) is 5.69. The number of fused-ring (bicyclic) bond motifs is 3. The van der Waals surface area contributed by atoms with Gasteiger partial charge in [-0.1, -0.05) is 0 Å². The third kappa shape index (κ3) is 2.20. The zero-order valence-corrected chi connectivity index (χ0v) is 13.0. The molecule has 0 aliphatic rings. The number of pyridine rings is 1. The number of aliphatic hydroxyl groups is 1. The number of hydrogen-bond donors (Lipinski definition) is 1. The van der Waals surface area contributed by atoms with Crippen LogP contribution in [0.1, 0.15) is 23.0 Å². The topological polar surface area (TPSA) is 68.0 Å². The normalized spacial score (nSPS) is 11.4. The second-order valence-electron chi connectivity index (χ2n) is 4.83. The average Bonchev–Trinajstić information content (AvgIpc) is 2.96. The number of ether oxygens (including phenoxy) is 1. The zero-order chi connectivity index (χ0) is 17.6. The van der Waals surface area contributed by atoms with Crippen molar-refractivity contribution in [2.24, 2.45) is 0 Å². The number of esters is 1. The van der Waals surface area contributed by atoms with Crippen molar-refractivity contribution in [3.63, 3.8) is 0 Å². The molecule has 0 unspecified atom stereocenters. The van der Waals surface area contributed by atoms with E-state index in [0.717, 1.165) is 15.7 Å². The van der Waals surface area contributed by atoms with Gasteiger partial charge in [-0.15, -0.1) is 11.3 Å². The first-order chi connectivity index (χ1) is 11.4. The van der Waals surface area contributed by atoms with Crippen molar-refractivity contribution in [1.82, 2.24) is 4.40 Å². The highest BCUT2D eigenvalue weighted by Gasteiger charge is 2.26. The molecule has 126 valence electrons. The van der Waals surface area contributed by atoms with Gasteiger partial charge in [0, 0.05) is 5.38 Å². The summed E-state index contributed by atoms with van der Waals surface area (Å²) in [5, 5.41) is 10.3. The Hall–Kier alpha value is -2.39. The fraction of sp³-hybridized carbons (Fsp3) is 0.200. The molecule has 0 saturated heterocycles. The van der Waals surface area contributed by atoms with Gasteiger partial charge in [-0.25, -0.2) is 18.0 Å². The molecule has 0 aliphatic heterocycles. The van der Waals surface area contributed by atoms with Crippen LogP contribution in [0.5, 0.6) is 0 Å². The maximum absolute atomic E-state index is 14.3. The first-order valence-corrected chi connectivity index (χ1v) is 7.70. The predicted molar refractivity (Wildman–Crippen MR) is 80.8 cm³/mol. The number of halogens is 3. The Bertz CT molecular complexity index is 1040. The molecule has 0 radical (unpaired) electrons. The first kappa shape index (κ1) is 16.5. The van der Waals surface area contributed by atoms with E-state index in [-0.39, 0.29) is 17.1 Å². The highest BCUT2D eigenvalue weighted by molar-refractivity contribution is 7.16. The maximum atomic E-state index is 14.3. The molecule has 3 rings (SSSR count). The van der Waals surface area contributed by atoms with Crippen LogP contribution in [0.2, 0.25) is 0 Å². The van der Waals surface area contributed by atoms with Crippen LogP contribution in [0.25, 0.3) is 15.7 Å². The minimum atomic E-state index is -1.74. The van der Waals surface area contributed by atoms with Gasteiger partial charge < -0.3 is 9.84 Å². The second kappa shape index (κ2) is 5.91. The summed E-state index contributed by atoms with van der Waals surface area (Å²) in [4.78, 5) is 24.6. The quantitative estimate of drug-likeness (QED) is 0.578. The maximum Gasteiger partial charge on any atom is 0.345 e. The molecular formula is C15H10F3NO4S. The lowest BCUT2D eigenvalue weighted by Crippen LogP contribution is -2.21. The molecule has 1 N–H and O–H groups in total. The van der Waals surface area contributed by atoms with Crippen molar-refractivity contribution in [2.75, 3.05) is 6.61 Å². The van der Waals surface area contributed by atoms with Gasteiger partial charge in [0.15, 0.2) is 17.5 Å². The van der Waals surface area contributed by atoms with E-state index in [4.69, 9.17) is 4.74 Å². The fourth-order valence-electron chi connectivity index (χ4n) is 2.48. The molecule has 2 aromatic heterocycles. The van der Waals surface area contributed by atoms with E-state index in [2.05, 4.69) is 0 Å². The molecule has 0 amide bonds. The van der Waals surface area contributed by atoms with Gasteiger partial charge >= 0.3 is 5.97 Å². The SMILES string of the molecule is CCOC(=O)c1c(=O)c2cc(F)c(F)c(F)c2n2c(CO)csc12. The van der Waals surface area contributed by atoms with E-state index in [9.17, 15) is 27.9 Å². The van der Waals surface area contributed by atoms with Crippen molar-refractivity contribution in [1.29, 1.82) is 0 Å². The summed E-state index contributed by atoms with van der Waals surface area (Å²) in [6.45, 7) is 0.974. The van der Waals surface area contributed by atoms with Gasteiger partial charge in [0.1, 0.15) is 10.4 Å². The summed E-state index contributed by atoms with van der Waals surface area (Å²) >= 11 is 0.886. The summed E-state index contributed by atoms with van der Waals surface area (Å²) in [5.74, 6) is -5.82. The number of benzene rings is 1. The molecule has 1 aromatic carbocycles. The Labute approximate surface area is 136 Å². The average molecular weight is 357 g/mol. The lowest BCUT2D eigenvalue weighted by atomic mass is 10.1. The molecule has 2 heterocycles. The Morgan fingerprint density at radius 3 is 2.67 bits per heavy atom. The van der Waals surface area contributed by atoms with Crippen molar-refractivity contribution in [2.45, 2.75) is 13.5 Å². The minimum Gasteiger partial charge on any atom is -0.462 e. The van der Waals surface area contributed by atoms with E-state index < -0.39 is 51.9 Å². The number of aliphatic hydroxyl groups excluding tert-OH is 1. The van der Waals surface area contributed by atoms with Crippen molar-refractivity contribution >= 4 is 33.0 Å². The van der Waals surface area contributed by atoms with Crippen LogP contribution < -0.4 is 5.43 Å². The molecule has 0 atom stereocenters. The highest BCUT2D eigenvalue weighted by atomic mass is 32.1. The molecule has 24 heavy (non-hydrogen) atoms. The van der Waals surface area contributed by atoms with Crippen LogP contribution in [0, 0.1) is 17.5 Å². The third-order valence-corrected chi connectivity index (χ3v) is 4.48. The van der Waals surface area contributed by atoms with E-state index in [1.165, 1.54) is 12.3 Å². The molecule has 0 bridgehead atoms. The number of aromatic nitrogens is 1. The van der Waals surface area contributed by atoms with E-state index in [1.54, 1.807) is 0 Å². The van der Waals surface area contributed by atoms with Gasteiger partial charge in [-0.05, 0) is 13.0 Å². The predicted octanol–water partition coefficient (Wildman–Crippen LogP) is 2.60. The first-order valence-electron chi connectivity index (χ1n) is 6.82. The van der Waals surface area contributed by atoms with Crippen LogP contribution in [-0.2, 0) is 11.3 Å². The summed E-state index contributed by atoms with van der Waals surface area (Å²) in [7, 11) is 0. The number of rotatable bonds is 3. The summed E-state index contributed by atoms with van der Waals surface area (Å²) in [5.41, 5.74) is -1.80. The number of carbonyl (C=O) groups is 1. The van der Waals surface area contributed by atoms with Gasteiger partial charge in [-0.2, -0.15) is 0 Å². The van der Waals surface area contributed by atoms with Crippen LogP contribution in [0.3, 0.4) is 0 Å². The largest absolute Gasteiger partial charge is 0.462 e. The molecule has 0 fully saturated rings. The van der Waals surface area contributed by atoms with Crippen LogP contribution in [0.4, 0.5) is 13.2 Å². The summed E-state index contributed by atoms with van der Waals surface area (Å²) < 4.78 is 47.3. The summed E-state index contributed by atoms with van der Waals surface area (Å²) in [6.07, 6.45) is 0. The van der Waals surface area contributed by atoms with Crippen LogP contribution in [-0.4, -0.2) is 22.1 Å². The standard InChI is InChI=1S/C15H10F3NO4S/c1-2-23-15(22)9-13(21)7-3-8(16)10(17)11(18)12(7)19-6(4-20)5-24-14(9)19/h3,5,20H,2,4H2,1H3. The van der Waals surface area contributed by atoms with Crippen molar-refractivity contribution in [3.8, 4) is 0 Å². The zero-order valence-electron chi connectivity index (χ0n) is 12.2. The minimum absolute atomic E-state index is 0.00710. The monoisotopic (exact) mass is 357 g/mol. The lowest BCUT2D eigenvalue weighted by Gasteiger charge is -2.10.